The number of ether oxygens (including phenoxy) is 1. The summed E-state index contributed by atoms with van der Waals surface area (Å²) in [7, 11) is -0.998. The van der Waals surface area contributed by atoms with Crippen molar-refractivity contribution in [2.45, 2.75) is 44.8 Å². The third-order valence-electron chi connectivity index (χ3n) is 2.73. The first-order chi connectivity index (χ1) is 8.97. The molecule has 19 heavy (non-hydrogen) atoms. The molecular formula is C16H26O2Si. The van der Waals surface area contributed by atoms with Gasteiger partial charge in [-0.25, -0.2) is 0 Å². The third kappa shape index (κ3) is 8.75. The highest BCUT2D eigenvalue weighted by molar-refractivity contribution is 6.76. The lowest BCUT2D eigenvalue weighted by atomic mass is 10.2. The molecule has 0 bridgehead atoms. The van der Waals surface area contributed by atoms with Crippen LogP contribution in [0.3, 0.4) is 0 Å². The Morgan fingerprint density at radius 2 is 1.84 bits per heavy atom. The number of hydrogen-bond acceptors (Lipinski definition) is 2. The second-order valence-electron chi connectivity index (χ2n) is 6.13. The topological polar surface area (TPSA) is 29.5 Å². The molecule has 0 saturated carbocycles. The van der Waals surface area contributed by atoms with Crippen molar-refractivity contribution < 1.29 is 9.84 Å². The van der Waals surface area contributed by atoms with Crippen molar-refractivity contribution in [2.24, 2.45) is 0 Å². The molecule has 3 heteroatoms. The van der Waals surface area contributed by atoms with Crippen LogP contribution in [0.25, 0.3) is 0 Å². The summed E-state index contributed by atoms with van der Waals surface area (Å²) in [5.41, 5.74) is 1.14. The maximum absolute atomic E-state index is 9.79. The lowest BCUT2D eigenvalue weighted by molar-refractivity contribution is 0.0301. The number of allylic oxidation sites excluding steroid dienone is 1. The molecule has 1 rings (SSSR count). The molecule has 1 atom stereocenters. The minimum Gasteiger partial charge on any atom is -0.390 e. The van der Waals surface area contributed by atoms with E-state index < -0.39 is 14.2 Å². The average Bonchev–Trinajstić information content (AvgIpc) is 2.35. The molecule has 106 valence electrons. The van der Waals surface area contributed by atoms with Gasteiger partial charge in [-0.15, -0.1) is 0 Å². The molecule has 0 heterocycles. The summed E-state index contributed by atoms with van der Waals surface area (Å²) in [6.07, 6.45) is 4.56. The summed E-state index contributed by atoms with van der Waals surface area (Å²) in [6, 6.07) is 11.2. The number of benzene rings is 1. The number of aliphatic hydroxyl groups is 1. The van der Waals surface area contributed by atoms with Crippen LogP contribution in [-0.4, -0.2) is 25.9 Å². The van der Waals surface area contributed by atoms with Crippen LogP contribution in [0.1, 0.15) is 12.0 Å². The van der Waals surface area contributed by atoms with Gasteiger partial charge < -0.3 is 9.84 Å². The van der Waals surface area contributed by atoms with E-state index in [2.05, 4.69) is 31.8 Å². The molecule has 1 aromatic carbocycles. The minimum absolute atomic E-state index is 0.395. The number of rotatable bonds is 8. The highest BCUT2D eigenvalue weighted by Gasteiger charge is 2.09. The summed E-state index contributed by atoms with van der Waals surface area (Å²) in [4.78, 5) is 0. The highest BCUT2D eigenvalue weighted by atomic mass is 28.3. The van der Waals surface area contributed by atoms with Crippen LogP contribution < -0.4 is 0 Å². The van der Waals surface area contributed by atoms with E-state index in [4.69, 9.17) is 4.74 Å². The average molecular weight is 278 g/mol. The zero-order valence-electron chi connectivity index (χ0n) is 12.3. The molecule has 1 aromatic rings. The Balaban J connectivity index is 2.13. The summed E-state index contributed by atoms with van der Waals surface area (Å²) in [5, 5.41) is 9.79. The molecule has 0 radical (unpaired) electrons. The van der Waals surface area contributed by atoms with Crippen LogP contribution in [0.4, 0.5) is 0 Å². The molecule has 0 aliphatic heterocycles. The standard InChI is InChI=1S/C16H26O2Si/c1-19(2,3)12-8-7-11-16(17)14-18-13-15-9-5-4-6-10-15/h4-10,16-17H,11-14H2,1-3H3/b8-7-/t16-/m1/s1. The Bertz CT molecular complexity index is 368. The first kappa shape index (κ1) is 16.2. The van der Waals surface area contributed by atoms with Gasteiger partial charge in [0.15, 0.2) is 0 Å². The van der Waals surface area contributed by atoms with Gasteiger partial charge in [0, 0.05) is 8.07 Å². The predicted molar refractivity (Wildman–Crippen MR) is 84.0 cm³/mol. The molecule has 0 spiro atoms. The maximum Gasteiger partial charge on any atom is 0.0808 e. The van der Waals surface area contributed by atoms with Crippen LogP contribution in [0.15, 0.2) is 42.5 Å². The van der Waals surface area contributed by atoms with Crippen LogP contribution in [0.2, 0.25) is 25.7 Å². The van der Waals surface area contributed by atoms with Crippen molar-refractivity contribution in [3.8, 4) is 0 Å². The van der Waals surface area contributed by atoms with Gasteiger partial charge >= 0.3 is 0 Å². The van der Waals surface area contributed by atoms with E-state index in [1.54, 1.807) is 0 Å². The van der Waals surface area contributed by atoms with Crippen LogP contribution >= 0.6 is 0 Å². The Labute approximate surface area is 118 Å². The number of aliphatic hydroxyl groups excluding tert-OH is 1. The third-order valence-corrected chi connectivity index (χ3v) is 4.19. The molecule has 0 unspecified atom stereocenters. The van der Waals surface area contributed by atoms with Gasteiger partial charge in [0.25, 0.3) is 0 Å². The molecule has 0 aromatic heterocycles. The van der Waals surface area contributed by atoms with Gasteiger partial charge in [0.05, 0.1) is 19.3 Å². The quantitative estimate of drug-likeness (QED) is 0.578. The summed E-state index contributed by atoms with van der Waals surface area (Å²) < 4.78 is 5.50. The summed E-state index contributed by atoms with van der Waals surface area (Å²) in [5.74, 6) is 0. The van der Waals surface area contributed by atoms with Gasteiger partial charge in [0.1, 0.15) is 0 Å². The van der Waals surface area contributed by atoms with Crippen molar-refractivity contribution in [3.63, 3.8) is 0 Å². The zero-order chi connectivity index (χ0) is 14.1. The van der Waals surface area contributed by atoms with Crippen LogP contribution in [-0.2, 0) is 11.3 Å². The lowest BCUT2D eigenvalue weighted by Crippen LogP contribution is -2.17. The molecule has 0 amide bonds. The van der Waals surface area contributed by atoms with Crippen molar-refractivity contribution in [3.05, 3.63) is 48.0 Å². The molecule has 0 aliphatic rings. The SMILES string of the molecule is C[Si](C)(C)C/C=C\C[C@@H](O)COCc1ccccc1. The fraction of sp³-hybridized carbons (Fsp3) is 0.500. The fourth-order valence-corrected chi connectivity index (χ4v) is 2.52. The van der Waals surface area contributed by atoms with E-state index in [1.165, 1.54) is 6.04 Å². The predicted octanol–water partition coefficient (Wildman–Crippen LogP) is 3.85. The Hall–Kier alpha value is -0.903. The normalized spacial score (nSPS) is 13.9. The summed E-state index contributed by atoms with van der Waals surface area (Å²) >= 11 is 0. The largest absolute Gasteiger partial charge is 0.390 e. The lowest BCUT2D eigenvalue weighted by Gasteiger charge is -2.12. The zero-order valence-corrected chi connectivity index (χ0v) is 13.3. The smallest absolute Gasteiger partial charge is 0.0808 e. The summed E-state index contributed by atoms with van der Waals surface area (Å²) in [6.45, 7) is 7.99. The van der Waals surface area contributed by atoms with Gasteiger partial charge in [-0.05, 0) is 18.0 Å². The van der Waals surface area contributed by atoms with E-state index in [1.807, 2.05) is 30.3 Å². The first-order valence-corrected chi connectivity index (χ1v) is 10.6. The Morgan fingerprint density at radius 1 is 1.16 bits per heavy atom. The van der Waals surface area contributed by atoms with Crippen LogP contribution in [0.5, 0.6) is 0 Å². The molecule has 0 saturated heterocycles. The maximum atomic E-state index is 9.79. The van der Waals surface area contributed by atoms with Crippen LogP contribution in [0, 0.1) is 0 Å². The first-order valence-electron chi connectivity index (χ1n) is 6.92. The minimum atomic E-state index is -0.998. The highest BCUT2D eigenvalue weighted by Crippen LogP contribution is 2.09. The Morgan fingerprint density at radius 3 is 2.47 bits per heavy atom. The van der Waals surface area contributed by atoms with E-state index in [9.17, 15) is 5.11 Å². The van der Waals surface area contributed by atoms with Crippen molar-refractivity contribution in [1.82, 2.24) is 0 Å². The second kappa shape index (κ2) is 8.30. The molecule has 0 fully saturated rings. The number of hydrogen-bond donors (Lipinski definition) is 1. The van der Waals surface area contributed by atoms with E-state index in [0.717, 1.165) is 5.56 Å². The van der Waals surface area contributed by atoms with E-state index >= 15 is 0 Å². The van der Waals surface area contributed by atoms with Gasteiger partial charge in [0.2, 0.25) is 0 Å². The fourth-order valence-electron chi connectivity index (χ4n) is 1.65. The molecule has 2 nitrogen and oxygen atoms in total. The monoisotopic (exact) mass is 278 g/mol. The van der Waals surface area contributed by atoms with Crippen molar-refractivity contribution in [2.75, 3.05) is 6.61 Å². The Kier molecular flexibility index (Phi) is 7.06. The van der Waals surface area contributed by atoms with E-state index in [0.29, 0.717) is 19.6 Å². The van der Waals surface area contributed by atoms with Gasteiger partial charge in [-0.1, -0.05) is 62.1 Å². The molecule has 1 N–H and O–H groups in total. The van der Waals surface area contributed by atoms with E-state index in [-0.39, 0.29) is 0 Å². The molecular weight excluding hydrogens is 252 g/mol. The van der Waals surface area contributed by atoms with Gasteiger partial charge in [-0.2, -0.15) is 0 Å². The molecule has 0 aliphatic carbocycles. The second-order valence-corrected chi connectivity index (χ2v) is 11.7. The van der Waals surface area contributed by atoms with Crippen molar-refractivity contribution >= 4 is 8.07 Å². The van der Waals surface area contributed by atoms with Crippen molar-refractivity contribution in [1.29, 1.82) is 0 Å². The van der Waals surface area contributed by atoms with Gasteiger partial charge in [-0.3, -0.25) is 0 Å².